The first-order chi connectivity index (χ1) is 8.72. The monoisotopic (exact) mass is 250 g/mol. The van der Waals surface area contributed by atoms with Crippen LogP contribution in [-0.4, -0.2) is 24.2 Å². The molecule has 18 heavy (non-hydrogen) atoms. The van der Waals surface area contributed by atoms with Crippen LogP contribution in [0.5, 0.6) is 5.88 Å². The Kier molecular flexibility index (Phi) is 6.73. The molecule has 0 spiro atoms. The molecule has 0 aliphatic rings. The lowest BCUT2D eigenvalue weighted by Gasteiger charge is -2.23. The van der Waals surface area contributed by atoms with Crippen molar-refractivity contribution in [3.05, 3.63) is 23.9 Å². The minimum atomic E-state index is 0.442. The molecular weight excluding hydrogens is 224 g/mol. The number of aromatic nitrogens is 1. The molecular formula is C15H26N2O. The average Bonchev–Trinajstić information content (AvgIpc) is 2.38. The molecule has 1 rings (SSSR count). The number of pyridine rings is 1. The zero-order valence-electron chi connectivity index (χ0n) is 12.1. The Labute approximate surface area is 111 Å². The van der Waals surface area contributed by atoms with Gasteiger partial charge in [0.2, 0.25) is 5.88 Å². The first kappa shape index (κ1) is 15.0. The number of rotatable bonds is 8. The van der Waals surface area contributed by atoms with E-state index in [0.29, 0.717) is 18.6 Å². The van der Waals surface area contributed by atoms with Gasteiger partial charge in [0, 0.05) is 23.7 Å². The minimum Gasteiger partial charge on any atom is -0.478 e. The molecule has 0 radical (unpaired) electrons. The third-order valence-corrected chi connectivity index (χ3v) is 3.18. The maximum absolute atomic E-state index is 5.47. The van der Waals surface area contributed by atoms with Gasteiger partial charge in [0.1, 0.15) is 0 Å². The van der Waals surface area contributed by atoms with E-state index >= 15 is 0 Å². The normalized spacial score (nSPS) is 14.2. The van der Waals surface area contributed by atoms with E-state index in [9.17, 15) is 0 Å². The zero-order chi connectivity index (χ0) is 13.4. The molecule has 0 saturated carbocycles. The number of nitrogens with one attached hydrogen (secondary N) is 1. The SMILES string of the molecule is CCCNC(C)C(CC)c1cccc(OCC)n1. The molecule has 0 aromatic carbocycles. The maximum atomic E-state index is 5.47. The van der Waals surface area contributed by atoms with Crippen LogP contribution in [0.25, 0.3) is 0 Å². The van der Waals surface area contributed by atoms with Crippen LogP contribution >= 0.6 is 0 Å². The third-order valence-electron chi connectivity index (χ3n) is 3.18. The van der Waals surface area contributed by atoms with Gasteiger partial charge in [-0.2, -0.15) is 0 Å². The van der Waals surface area contributed by atoms with Crippen molar-refractivity contribution in [1.82, 2.24) is 10.3 Å². The van der Waals surface area contributed by atoms with Crippen LogP contribution < -0.4 is 10.1 Å². The van der Waals surface area contributed by atoms with Crippen molar-refractivity contribution in [2.75, 3.05) is 13.2 Å². The Bertz CT molecular complexity index is 341. The quantitative estimate of drug-likeness (QED) is 0.768. The average molecular weight is 250 g/mol. The molecule has 102 valence electrons. The summed E-state index contributed by atoms with van der Waals surface area (Å²) in [5.41, 5.74) is 1.12. The van der Waals surface area contributed by atoms with Gasteiger partial charge in [-0.1, -0.05) is 19.9 Å². The molecule has 1 heterocycles. The lowest BCUT2D eigenvalue weighted by molar-refractivity contribution is 0.323. The summed E-state index contributed by atoms with van der Waals surface area (Å²) in [5.74, 6) is 1.17. The maximum Gasteiger partial charge on any atom is 0.213 e. The topological polar surface area (TPSA) is 34.1 Å². The van der Waals surface area contributed by atoms with Gasteiger partial charge < -0.3 is 10.1 Å². The second kappa shape index (κ2) is 8.09. The largest absolute Gasteiger partial charge is 0.478 e. The molecule has 1 aromatic rings. The van der Waals surface area contributed by atoms with Crippen LogP contribution in [-0.2, 0) is 0 Å². The van der Waals surface area contributed by atoms with Crippen molar-refractivity contribution in [3.63, 3.8) is 0 Å². The fourth-order valence-corrected chi connectivity index (χ4v) is 2.20. The number of hydrogen-bond acceptors (Lipinski definition) is 3. The third kappa shape index (κ3) is 4.30. The highest BCUT2D eigenvalue weighted by Gasteiger charge is 2.18. The van der Waals surface area contributed by atoms with Crippen molar-refractivity contribution in [1.29, 1.82) is 0 Å². The first-order valence-corrected chi connectivity index (χ1v) is 7.06. The summed E-state index contributed by atoms with van der Waals surface area (Å²) < 4.78 is 5.47. The lowest BCUT2D eigenvalue weighted by atomic mass is 9.94. The van der Waals surface area contributed by atoms with Gasteiger partial charge in [-0.15, -0.1) is 0 Å². The van der Waals surface area contributed by atoms with E-state index < -0.39 is 0 Å². The first-order valence-electron chi connectivity index (χ1n) is 7.06. The van der Waals surface area contributed by atoms with Gasteiger partial charge in [-0.25, -0.2) is 4.98 Å². The predicted octanol–water partition coefficient (Wildman–Crippen LogP) is 3.36. The van der Waals surface area contributed by atoms with Crippen molar-refractivity contribution in [2.45, 2.75) is 52.5 Å². The molecule has 3 nitrogen and oxygen atoms in total. The Morgan fingerprint density at radius 2 is 2.06 bits per heavy atom. The summed E-state index contributed by atoms with van der Waals surface area (Å²) in [4.78, 5) is 4.60. The smallest absolute Gasteiger partial charge is 0.213 e. The van der Waals surface area contributed by atoms with E-state index in [0.717, 1.165) is 31.0 Å². The van der Waals surface area contributed by atoms with Crippen molar-refractivity contribution >= 4 is 0 Å². The van der Waals surface area contributed by atoms with Crippen molar-refractivity contribution in [3.8, 4) is 5.88 Å². The number of hydrogen-bond donors (Lipinski definition) is 1. The van der Waals surface area contributed by atoms with E-state index in [-0.39, 0.29) is 0 Å². The highest BCUT2D eigenvalue weighted by molar-refractivity contribution is 5.19. The molecule has 2 unspecified atom stereocenters. The van der Waals surface area contributed by atoms with Crippen LogP contribution in [0.1, 0.15) is 52.1 Å². The van der Waals surface area contributed by atoms with Crippen molar-refractivity contribution in [2.24, 2.45) is 0 Å². The van der Waals surface area contributed by atoms with Crippen LogP contribution in [0.15, 0.2) is 18.2 Å². The second-order valence-electron chi connectivity index (χ2n) is 4.59. The molecule has 0 fully saturated rings. The predicted molar refractivity (Wildman–Crippen MR) is 76.2 cm³/mol. The Morgan fingerprint density at radius 1 is 1.28 bits per heavy atom. The number of ether oxygens (including phenoxy) is 1. The van der Waals surface area contributed by atoms with Gasteiger partial charge in [-0.3, -0.25) is 0 Å². The Hall–Kier alpha value is -1.09. The molecule has 1 N–H and O–H groups in total. The van der Waals surface area contributed by atoms with Crippen LogP contribution in [0.2, 0.25) is 0 Å². The molecule has 0 saturated heterocycles. The van der Waals surface area contributed by atoms with Gasteiger partial charge in [0.05, 0.1) is 6.61 Å². The van der Waals surface area contributed by atoms with Gasteiger partial charge in [0.15, 0.2) is 0 Å². The summed E-state index contributed by atoms with van der Waals surface area (Å²) in [6.07, 6.45) is 2.24. The molecule has 0 aliphatic carbocycles. The van der Waals surface area contributed by atoms with E-state index in [1.54, 1.807) is 0 Å². The molecule has 3 heteroatoms. The standard InChI is InChI=1S/C15H26N2O/c1-5-11-16-12(4)13(6-2)14-9-8-10-15(17-14)18-7-3/h8-10,12-13,16H,5-7,11H2,1-4H3. The zero-order valence-corrected chi connectivity index (χ0v) is 12.1. The highest BCUT2D eigenvalue weighted by Crippen LogP contribution is 2.23. The molecule has 0 aliphatic heterocycles. The second-order valence-corrected chi connectivity index (χ2v) is 4.59. The Balaban J connectivity index is 2.77. The Morgan fingerprint density at radius 3 is 2.67 bits per heavy atom. The molecule has 0 amide bonds. The van der Waals surface area contributed by atoms with E-state index in [2.05, 4.69) is 37.1 Å². The molecule has 0 bridgehead atoms. The lowest BCUT2D eigenvalue weighted by Crippen LogP contribution is -2.33. The van der Waals surface area contributed by atoms with Gasteiger partial charge in [0.25, 0.3) is 0 Å². The minimum absolute atomic E-state index is 0.442. The van der Waals surface area contributed by atoms with Crippen molar-refractivity contribution < 1.29 is 4.74 Å². The summed E-state index contributed by atoms with van der Waals surface area (Å²) in [7, 11) is 0. The van der Waals surface area contributed by atoms with Crippen LogP contribution in [0.4, 0.5) is 0 Å². The van der Waals surface area contributed by atoms with Crippen LogP contribution in [0, 0.1) is 0 Å². The summed E-state index contributed by atoms with van der Waals surface area (Å²) in [6.45, 7) is 10.3. The fourth-order valence-electron chi connectivity index (χ4n) is 2.20. The van der Waals surface area contributed by atoms with Gasteiger partial charge >= 0.3 is 0 Å². The molecule has 2 atom stereocenters. The van der Waals surface area contributed by atoms with Crippen LogP contribution in [0.3, 0.4) is 0 Å². The highest BCUT2D eigenvalue weighted by atomic mass is 16.5. The van der Waals surface area contributed by atoms with Gasteiger partial charge in [-0.05, 0) is 39.3 Å². The summed E-state index contributed by atoms with van der Waals surface area (Å²) in [6, 6.07) is 6.49. The van der Waals surface area contributed by atoms with E-state index in [4.69, 9.17) is 4.74 Å². The van der Waals surface area contributed by atoms with E-state index in [1.165, 1.54) is 0 Å². The molecule has 1 aromatic heterocycles. The number of nitrogens with zero attached hydrogens (tertiary/aromatic N) is 1. The van der Waals surface area contributed by atoms with E-state index in [1.807, 2.05) is 19.1 Å². The fraction of sp³-hybridized carbons (Fsp3) is 0.667. The summed E-state index contributed by atoms with van der Waals surface area (Å²) in [5, 5.41) is 3.55. The summed E-state index contributed by atoms with van der Waals surface area (Å²) >= 11 is 0.